The Morgan fingerprint density at radius 2 is 1.90 bits per heavy atom. The van der Waals surface area contributed by atoms with Crippen molar-refractivity contribution in [3.05, 3.63) is 64.1 Å². The fourth-order valence-electron chi connectivity index (χ4n) is 4.11. The van der Waals surface area contributed by atoms with Gasteiger partial charge < -0.3 is 14.5 Å². The summed E-state index contributed by atoms with van der Waals surface area (Å²) in [5.74, 6) is 0.786. The summed E-state index contributed by atoms with van der Waals surface area (Å²) in [7, 11) is 0. The molecule has 0 bridgehead atoms. The van der Waals surface area contributed by atoms with E-state index in [1.165, 1.54) is 12.1 Å². The number of fused-ring (bicyclic) bond motifs is 1. The molecule has 0 atom stereocenters. The maximum Gasteiger partial charge on any atom is 0.287 e. The molecule has 0 saturated heterocycles. The zero-order valence-corrected chi connectivity index (χ0v) is 18.5. The third-order valence-electron chi connectivity index (χ3n) is 5.80. The second-order valence-corrected chi connectivity index (χ2v) is 8.89. The molecule has 7 heteroatoms. The Bertz CT molecular complexity index is 1060. The first kappa shape index (κ1) is 22.0. The molecule has 1 aliphatic rings. The van der Waals surface area contributed by atoms with Gasteiger partial charge in [0.05, 0.1) is 11.6 Å². The van der Waals surface area contributed by atoms with Crippen molar-refractivity contribution in [2.24, 2.45) is 5.92 Å². The van der Waals surface area contributed by atoms with Crippen LogP contribution >= 0.6 is 23.2 Å². The van der Waals surface area contributed by atoms with Crippen molar-refractivity contribution in [3.63, 3.8) is 0 Å². The molecule has 1 amide bonds. The van der Waals surface area contributed by atoms with Crippen LogP contribution in [-0.2, 0) is 0 Å². The number of ether oxygens (including phenoxy) is 1. The van der Waals surface area contributed by atoms with Crippen molar-refractivity contribution < 1.29 is 18.3 Å². The normalized spacial score (nSPS) is 18.8. The maximum atomic E-state index is 13.4. The number of carbonyl (C=O) groups is 1. The van der Waals surface area contributed by atoms with E-state index in [0.29, 0.717) is 34.6 Å². The molecule has 2 aromatic carbocycles. The van der Waals surface area contributed by atoms with Gasteiger partial charge in [-0.15, -0.1) is 0 Å². The standard InChI is InChI=1S/C24H24Cl2FNO3/c25-17-5-10-22-16(12-17)13-23(31-22)24(29)28-18-6-3-15(4-7-18)2-1-11-30-19-8-9-20(26)21(27)14-19/h5,8-10,12-15,18H,1-4,6-7,11H2,(H,28,29). The van der Waals surface area contributed by atoms with Gasteiger partial charge in [-0.1, -0.05) is 23.2 Å². The average Bonchev–Trinajstić information content (AvgIpc) is 3.18. The van der Waals surface area contributed by atoms with Gasteiger partial charge in [0.15, 0.2) is 5.76 Å². The zero-order chi connectivity index (χ0) is 21.8. The summed E-state index contributed by atoms with van der Waals surface area (Å²) < 4.78 is 24.7. The molecule has 0 radical (unpaired) electrons. The molecule has 1 fully saturated rings. The van der Waals surface area contributed by atoms with Gasteiger partial charge in [-0.3, -0.25) is 4.79 Å². The summed E-state index contributed by atoms with van der Waals surface area (Å²) >= 11 is 11.7. The Labute approximate surface area is 190 Å². The molecule has 0 unspecified atom stereocenters. The summed E-state index contributed by atoms with van der Waals surface area (Å²) in [6, 6.07) is 11.7. The monoisotopic (exact) mass is 463 g/mol. The molecule has 4 nitrogen and oxygen atoms in total. The van der Waals surface area contributed by atoms with Crippen LogP contribution in [0.1, 0.15) is 49.1 Å². The highest BCUT2D eigenvalue weighted by atomic mass is 35.5. The van der Waals surface area contributed by atoms with E-state index in [0.717, 1.165) is 43.9 Å². The summed E-state index contributed by atoms with van der Waals surface area (Å²) in [6.45, 7) is 0.549. The van der Waals surface area contributed by atoms with Gasteiger partial charge in [-0.05, 0) is 80.8 Å². The molecule has 1 N–H and O–H groups in total. The van der Waals surface area contributed by atoms with E-state index in [1.807, 2.05) is 0 Å². The highest BCUT2D eigenvalue weighted by Gasteiger charge is 2.24. The van der Waals surface area contributed by atoms with Gasteiger partial charge in [0.1, 0.15) is 17.1 Å². The highest BCUT2D eigenvalue weighted by molar-refractivity contribution is 6.31. The minimum Gasteiger partial charge on any atom is -0.493 e. The number of nitrogens with one attached hydrogen (secondary N) is 1. The number of amides is 1. The minimum absolute atomic E-state index is 0.0981. The fraction of sp³-hybridized carbons (Fsp3) is 0.375. The Kier molecular flexibility index (Phi) is 7.03. The van der Waals surface area contributed by atoms with Crippen molar-refractivity contribution in [2.45, 2.75) is 44.6 Å². The average molecular weight is 464 g/mol. The van der Waals surface area contributed by atoms with E-state index in [9.17, 15) is 9.18 Å². The van der Waals surface area contributed by atoms with Gasteiger partial charge >= 0.3 is 0 Å². The van der Waals surface area contributed by atoms with Crippen LogP contribution in [0.4, 0.5) is 4.39 Å². The van der Waals surface area contributed by atoms with E-state index in [-0.39, 0.29) is 17.0 Å². The van der Waals surface area contributed by atoms with Crippen LogP contribution in [0.2, 0.25) is 10.0 Å². The number of rotatable bonds is 7. The molecule has 0 aliphatic heterocycles. The Balaban J connectivity index is 1.18. The van der Waals surface area contributed by atoms with Gasteiger partial charge in [0.25, 0.3) is 5.91 Å². The maximum absolute atomic E-state index is 13.4. The molecule has 1 heterocycles. The third kappa shape index (κ3) is 5.72. The summed E-state index contributed by atoms with van der Waals surface area (Å²) in [5, 5.41) is 4.63. The molecule has 0 spiro atoms. The van der Waals surface area contributed by atoms with Crippen molar-refractivity contribution >= 4 is 40.1 Å². The largest absolute Gasteiger partial charge is 0.493 e. The number of hydrogen-bond acceptors (Lipinski definition) is 3. The summed E-state index contributed by atoms with van der Waals surface area (Å²) in [5.41, 5.74) is 0.654. The second-order valence-electron chi connectivity index (χ2n) is 8.05. The smallest absolute Gasteiger partial charge is 0.287 e. The number of carbonyl (C=O) groups excluding carboxylic acids is 1. The van der Waals surface area contributed by atoms with Crippen LogP contribution in [0.3, 0.4) is 0 Å². The van der Waals surface area contributed by atoms with Crippen LogP contribution in [0.15, 0.2) is 46.9 Å². The van der Waals surface area contributed by atoms with E-state index < -0.39 is 5.82 Å². The molecule has 3 aromatic rings. The zero-order valence-electron chi connectivity index (χ0n) is 17.0. The first-order valence-electron chi connectivity index (χ1n) is 10.6. The van der Waals surface area contributed by atoms with Crippen LogP contribution in [-0.4, -0.2) is 18.6 Å². The Morgan fingerprint density at radius 1 is 1.10 bits per heavy atom. The van der Waals surface area contributed by atoms with Gasteiger partial charge in [0, 0.05) is 22.5 Å². The topological polar surface area (TPSA) is 51.5 Å². The van der Waals surface area contributed by atoms with Crippen molar-refractivity contribution in [1.82, 2.24) is 5.32 Å². The number of halogens is 3. The fourth-order valence-corrected chi connectivity index (χ4v) is 4.40. The van der Waals surface area contributed by atoms with Gasteiger partial charge in [-0.2, -0.15) is 0 Å². The lowest BCUT2D eigenvalue weighted by Gasteiger charge is -2.28. The first-order valence-corrected chi connectivity index (χ1v) is 11.3. The molecular weight excluding hydrogens is 440 g/mol. The molecule has 31 heavy (non-hydrogen) atoms. The Hall–Kier alpha value is -2.24. The summed E-state index contributed by atoms with van der Waals surface area (Å²) in [6.07, 6.45) is 6.00. The van der Waals surface area contributed by atoms with Crippen LogP contribution < -0.4 is 10.1 Å². The molecule has 4 rings (SSSR count). The SMILES string of the molecule is O=C(NC1CCC(CCCOc2ccc(Cl)c(F)c2)CC1)c1cc2cc(Cl)ccc2o1. The quantitative estimate of drug-likeness (QED) is 0.382. The summed E-state index contributed by atoms with van der Waals surface area (Å²) in [4.78, 5) is 12.6. The van der Waals surface area contributed by atoms with E-state index >= 15 is 0 Å². The third-order valence-corrected chi connectivity index (χ3v) is 6.34. The number of hydrogen-bond donors (Lipinski definition) is 1. The minimum atomic E-state index is -0.467. The lowest BCUT2D eigenvalue weighted by molar-refractivity contribution is 0.0894. The van der Waals surface area contributed by atoms with Crippen molar-refractivity contribution in [3.8, 4) is 5.75 Å². The first-order chi connectivity index (χ1) is 15.0. The van der Waals surface area contributed by atoms with Crippen LogP contribution in [0.25, 0.3) is 11.0 Å². The second kappa shape index (κ2) is 9.92. The lowest BCUT2D eigenvalue weighted by Crippen LogP contribution is -2.37. The van der Waals surface area contributed by atoms with Gasteiger partial charge in [-0.25, -0.2) is 4.39 Å². The highest BCUT2D eigenvalue weighted by Crippen LogP contribution is 2.29. The van der Waals surface area contributed by atoms with Crippen LogP contribution in [0, 0.1) is 11.7 Å². The van der Waals surface area contributed by atoms with E-state index in [1.54, 1.807) is 30.3 Å². The Morgan fingerprint density at radius 3 is 2.68 bits per heavy atom. The predicted octanol–water partition coefficient (Wildman–Crippen LogP) is 7.03. The van der Waals surface area contributed by atoms with E-state index in [4.69, 9.17) is 32.4 Å². The lowest BCUT2D eigenvalue weighted by atomic mass is 9.83. The molecular formula is C24H24Cl2FNO3. The van der Waals surface area contributed by atoms with Crippen molar-refractivity contribution in [2.75, 3.05) is 6.61 Å². The number of furan rings is 1. The predicted molar refractivity (Wildman–Crippen MR) is 121 cm³/mol. The number of benzene rings is 2. The van der Waals surface area contributed by atoms with Crippen molar-refractivity contribution in [1.29, 1.82) is 0 Å². The molecule has 1 saturated carbocycles. The van der Waals surface area contributed by atoms with E-state index in [2.05, 4.69) is 5.32 Å². The molecule has 164 valence electrons. The molecule has 1 aromatic heterocycles. The molecule has 1 aliphatic carbocycles. The van der Waals surface area contributed by atoms with Gasteiger partial charge in [0.2, 0.25) is 0 Å². The van der Waals surface area contributed by atoms with Crippen LogP contribution in [0.5, 0.6) is 5.75 Å².